The van der Waals surface area contributed by atoms with E-state index in [1.54, 1.807) is 10.9 Å². The standard InChI is InChI=1S/C14H13FN4O2/c15-12-4-3-11(2-1-9-20)13(10-12)14(21)16-5-7-19-8-6-17-18-19/h3-4,6,8,10,20H,5,7,9H2,(H,16,21). The highest BCUT2D eigenvalue weighted by molar-refractivity contribution is 5.96. The van der Waals surface area contributed by atoms with Gasteiger partial charge in [0.1, 0.15) is 12.4 Å². The lowest BCUT2D eigenvalue weighted by Gasteiger charge is -2.07. The summed E-state index contributed by atoms with van der Waals surface area (Å²) in [5.41, 5.74) is 0.498. The molecule has 6 nitrogen and oxygen atoms in total. The molecule has 2 rings (SSSR count). The van der Waals surface area contributed by atoms with Gasteiger partial charge in [0.15, 0.2) is 0 Å². The van der Waals surface area contributed by atoms with Crippen LogP contribution in [0.15, 0.2) is 30.6 Å². The molecular formula is C14H13FN4O2. The molecular weight excluding hydrogens is 275 g/mol. The van der Waals surface area contributed by atoms with E-state index in [-0.39, 0.29) is 12.2 Å². The largest absolute Gasteiger partial charge is 0.384 e. The van der Waals surface area contributed by atoms with Crippen LogP contribution in [0.2, 0.25) is 0 Å². The molecule has 21 heavy (non-hydrogen) atoms. The molecule has 0 saturated heterocycles. The summed E-state index contributed by atoms with van der Waals surface area (Å²) in [6.07, 6.45) is 3.21. The van der Waals surface area contributed by atoms with Gasteiger partial charge in [0, 0.05) is 18.3 Å². The SMILES string of the molecule is O=C(NCCn1ccnn1)c1cc(F)ccc1C#CCO. The van der Waals surface area contributed by atoms with Crippen molar-refractivity contribution in [2.45, 2.75) is 6.54 Å². The Bertz CT molecular complexity index is 674. The average molecular weight is 288 g/mol. The van der Waals surface area contributed by atoms with Crippen molar-refractivity contribution in [2.24, 2.45) is 0 Å². The van der Waals surface area contributed by atoms with Crippen LogP contribution in [0, 0.1) is 17.7 Å². The van der Waals surface area contributed by atoms with Gasteiger partial charge in [0.25, 0.3) is 5.91 Å². The van der Waals surface area contributed by atoms with Crippen LogP contribution in [-0.4, -0.2) is 39.2 Å². The van der Waals surface area contributed by atoms with Crippen LogP contribution in [0.5, 0.6) is 0 Å². The van der Waals surface area contributed by atoms with Gasteiger partial charge < -0.3 is 10.4 Å². The number of nitrogens with zero attached hydrogens (tertiary/aromatic N) is 3. The lowest BCUT2D eigenvalue weighted by atomic mass is 10.1. The fourth-order valence-electron chi connectivity index (χ4n) is 1.68. The number of rotatable bonds is 4. The highest BCUT2D eigenvalue weighted by Crippen LogP contribution is 2.10. The van der Waals surface area contributed by atoms with Gasteiger partial charge in [-0.05, 0) is 18.2 Å². The second-order valence-electron chi connectivity index (χ2n) is 4.07. The normalized spacial score (nSPS) is 9.81. The first-order chi connectivity index (χ1) is 10.2. The minimum absolute atomic E-state index is 0.134. The van der Waals surface area contributed by atoms with Crippen molar-refractivity contribution in [1.29, 1.82) is 0 Å². The van der Waals surface area contributed by atoms with E-state index in [0.29, 0.717) is 18.7 Å². The van der Waals surface area contributed by atoms with Gasteiger partial charge in [0.2, 0.25) is 0 Å². The predicted octanol–water partition coefficient (Wildman–Crippen LogP) is 0.191. The van der Waals surface area contributed by atoms with Gasteiger partial charge in [-0.25, -0.2) is 4.39 Å². The summed E-state index contributed by atoms with van der Waals surface area (Å²) < 4.78 is 14.8. The first-order valence-corrected chi connectivity index (χ1v) is 6.22. The third-order valence-electron chi connectivity index (χ3n) is 2.63. The van der Waals surface area contributed by atoms with Crippen molar-refractivity contribution in [1.82, 2.24) is 20.3 Å². The van der Waals surface area contributed by atoms with E-state index in [9.17, 15) is 9.18 Å². The molecule has 2 N–H and O–H groups in total. The zero-order valence-electron chi connectivity index (χ0n) is 11.1. The lowest BCUT2D eigenvalue weighted by Crippen LogP contribution is -2.28. The van der Waals surface area contributed by atoms with Crippen LogP contribution in [0.4, 0.5) is 4.39 Å². The summed E-state index contributed by atoms with van der Waals surface area (Å²) in [4.78, 5) is 12.1. The first-order valence-electron chi connectivity index (χ1n) is 6.22. The highest BCUT2D eigenvalue weighted by atomic mass is 19.1. The molecule has 0 aliphatic rings. The second-order valence-corrected chi connectivity index (χ2v) is 4.07. The summed E-state index contributed by atoms with van der Waals surface area (Å²) in [7, 11) is 0. The number of aliphatic hydroxyl groups is 1. The van der Waals surface area contributed by atoms with Crippen LogP contribution >= 0.6 is 0 Å². The van der Waals surface area contributed by atoms with Crippen LogP contribution in [0.25, 0.3) is 0 Å². The summed E-state index contributed by atoms with van der Waals surface area (Å²) >= 11 is 0. The fraction of sp³-hybridized carbons (Fsp3) is 0.214. The quantitative estimate of drug-likeness (QED) is 0.787. The van der Waals surface area contributed by atoms with E-state index in [1.165, 1.54) is 18.3 Å². The zero-order valence-corrected chi connectivity index (χ0v) is 11.1. The molecule has 0 atom stereocenters. The predicted molar refractivity (Wildman–Crippen MR) is 72.7 cm³/mol. The van der Waals surface area contributed by atoms with Gasteiger partial charge in [-0.1, -0.05) is 17.1 Å². The Hall–Kier alpha value is -2.72. The molecule has 1 aromatic carbocycles. The number of amides is 1. The number of halogens is 1. The molecule has 0 spiro atoms. The Labute approximate surface area is 120 Å². The Kier molecular flexibility index (Phi) is 5.01. The van der Waals surface area contributed by atoms with Crippen molar-refractivity contribution < 1.29 is 14.3 Å². The Balaban J connectivity index is 2.05. The molecule has 0 fully saturated rings. The maximum absolute atomic E-state index is 13.3. The monoisotopic (exact) mass is 288 g/mol. The maximum atomic E-state index is 13.3. The van der Waals surface area contributed by atoms with Gasteiger partial charge in [0.05, 0.1) is 18.3 Å². The highest BCUT2D eigenvalue weighted by Gasteiger charge is 2.11. The van der Waals surface area contributed by atoms with E-state index in [2.05, 4.69) is 27.5 Å². The smallest absolute Gasteiger partial charge is 0.252 e. The molecule has 1 aromatic heterocycles. The number of aliphatic hydroxyl groups excluding tert-OH is 1. The van der Waals surface area contributed by atoms with Gasteiger partial charge in [-0.15, -0.1) is 5.10 Å². The summed E-state index contributed by atoms with van der Waals surface area (Å²) in [6.45, 7) is 0.453. The number of aromatic nitrogens is 3. The number of carbonyl (C=O) groups is 1. The minimum atomic E-state index is -0.522. The molecule has 2 aromatic rings. The van der Waals surface area contributed by atoms with E-state index in [4.69, 9.17) is 5.11 Å². The summed E-state index contributed by atoms with van der Waals surface area (Å²) in [6, 6.07) is 3.74. The van der Waals surface area contributed by atoms with Crippen molar-refractivity contribution in [3.05, 3.63) is 47.5 Å². The summed E-state index contributed by atoms with van der Waals surface area (Å²) in [5, 5.41) is 18.8. The zero-order chi connectivity index (χ0) is 15.1. The van der Waals surface area contributed by atoms with E-state index >= 15 is 0 Å². The molecule has 7 heteroatoms. The van der Waals surface area contributed by atoms with Gasteiger partial charge >= 0.3 is 0 Å². The molecule has 108 valence electrons. The lowest BCUT2D eigenvalue weighted by molar-refractivity contribution is 0.0951. The molecule has 0 unspecified atom stereocenters. The van der Waals surface area contributed by atoms with Crippen LogP contribution in [-0.2, 0) is 6.54 Å². The molecule has 0 aliphatic carbocycles. The van der Waals surface area contributed by atoms with Crippen molar-refractivity contribution in [3.63, 3.8) is 0 Å². The molecule has 1 amide bonds. The second kappa shape index (κ2) is 7.17. The number of benzene rings is 1. The summed E-state index contributed by atoms with van der Waals surface area (Å²) in [5.74, 6) is 4.10. The fourth-order valence-corrected chi connectivity index (χ4v) is 1.68. The van der Waals surface area contributed by atoms with E-state index in [0.717, 1.165) is 6.07 Å². The van der Waals surface area contributed by atoms with Crippen molar-refractivity contribution in [2.75, 3.05) is 13.2 Å². The Morgan fingerprint density at radius 1 is 1.48 bits per heavy atom. The van der Waals surface area contributed by atoms with Crippen LogP contribution in [0.1, 0.15) is 15.9 Å². The van der Waals surface area contributed by atoms with Crippen LogP contribution < -0.4 is 5.32 Å². The third kappa shape index (κ3) is 4.12. The average Bonchev–Trinajstić information content (AvgIpc) is 2.99. The molecule has 0 radical (unpaired) electrons. The maximum Gasteiger partial charge on any atom is 0.252 e. The number of hydrogen-bond acceptors (Lipinski definition) is 4. The molecule has 0 bridgehead atoms. The number of nitrogens with one attached hydrogen (secondary N) is 1. The van der Waals surface area contributed by atoms with Gasteiger partial charge in [-0.3, -0.25) is 9.48 Å². The third-order valence-corrected chi connectivity index (χ3v) is 2.63. The number of hydrogen-bond donors (Lipinski definition) is 2. The molecule has 0 aliphatic heterocycles. The van der Waals surface area contributed by atoms with Crippen molar-refractivity contribution in [3.8, 4) is 11.8 Å². The number of carbonyl (C=O) groups excluding carboxylic acids is 1. The Morgan fingerprint density at radius 3 is 3.05 bits per heavy atom. The van der Waals surface area contributed by atoms with E-state index < -0.39 is 11.7 Å². The van der Waals surface area contributed by atoms with Crippen molar-refractivity contribution >= 4 is 5.91 Å². The minimum Gasteiger partial charge on any atom is -0.384 e. The Morgan fingerprint density at radius 2 is 2.33 bits per heavy atom. The first kappa shape index (κ1) is 14.7. The molecule has 1 heterocycles. The van der Waals surface area contributed by atoms with Crippen LogP contribution in [0.3, 0.4) is 0 Å². The topological polar surface area (TPSA) is 80.0 Å². The van der Waals surface area contributed by atoms with E-state index in [1.807, 2.05) is 0 Å². The van der Waals surface area contributed by atoms with Gasteiger partial charge in [-0.2, -0.15) is 0 Å². The molecule has 0 saturated carbocycles.